The molecule has 2 N–H and O–H groups in total. The maximum atomic E-state index is 11.9. The number of nitrogens with one attached hydrogen (secondary N) is 2. The Hall–Kier alpha value is -1.54. The highest BCUT2D eigenvalue weighted by Gasteiger charge is 2.25. The van der Waals surface area contributed by atoms with E-state index in [0.717, 1.165) is 45.3 Å². The second-order valence-electron chi connectivity index (χ2n) is 5.18. The standard InChI is InChI=1S/C15H25N3O2/c1-3-5-9-17-15(20)13-6-10-18(11-7-13)12-14(19)16-8-4-2/h2,13H,3,5-12H2,1H3,(H,16,19)(H,17,20). The van der Waals surface area contributed by atoms with Gasteiger partial charge in [0, 0.05) is 12.5 Å². The van der Waals surface area contributed by atoms with Crippen molar-refractivity contribution in [3.05, 3.63) is 0 Å². The first-order valence-corrected chi connectivity index (χ1v) is 7.37. The molecule has 5 heteroatoms. The third-order valence-electron chi connectivity index (χ3n) is 3.54. The zero-order valence-electron chi connectivity index (χ0n) is 12.3. The quantitative estimate of drug-likeness (QED) is 0.523. The molecule has 1 rings (SSSR count). The Morgan fingerprint density at radius 3 is 2.60 bits per heavy atom. The van der Waals surface area contributed by atoms with Gasteiger partial charge >= 0.3 is 0 Å². The van der Waals surface area contributed by atoms with Gasteiger partial charge in [-0.1, -0.05) is 19.3 Å². The molecule has 2 amide bonds. The van der Waals surface area contributed by atoms with Crippen LogP contribution in [0.2, 0.25) is 0 Å². The minimum absolute atomic E-state index is 0.0474. The smallest absolute Gasteiger partial charge is 0.234 e. The second kappa shape index (κ2) is 9.38. The molecule has 5 nitrogen and oxygen atoms in total. The van der Waals surface area contributed by atoms with Crippen molar-refractivity contribution in [2.75, 3.05) is 32.7 Å². The lowest BCUT2D eigenvalue weighted by Gasteiger charge is -2.30. The normalized spacial score (nSPS) is 16.4. The number of amides is 2. The van der Waals surface area contributed by atoms with Crippen LogP contribution in [0, 0.1) is 18.3 Å². The molecule has 1 aliphatic rings. The van der Waals surface area contributed by atoms with Crippen LogP contribution in [0.3, 0.4) is 0 Å². The van der Waals surface area contributed by atoms with Crippen molar-refractivity contribution in [2.45, 2.75) is 32.6 Å². The number of piperidine rings is 1. The van der Waals surface area contributed by atoms with E-state index in [2.05, 4.69) is 28.4 Å². The van der Waals surface area contributed by atoms with Gasteiger partial charge in [0.15, 0.2) is 0 Å². The molecule has 0 radical (unpaired) electrons. The first-order valence-electron chi connectivity index (χ1n) is 7.37. The van der Waals surface area contributed by atoms with Gasteiger partial charge in [-0.3, -0.25) is 14.5 Å². The largest absolute Gasteiger partial charge is 0.356 e. The monoisotopic (exact) mass is 279 g/mol. The Labute approximate surface area is 121 Å². The third kappa shape index (κ3) is 6.07. The highest BCUT2D eigenvalue weighted by molar-refractivity contribution is 5.79. The summed E-state index contributed by atoms with van der Waals surface area (Å²) in [5, 5.41) is 5.63. The summed E-state index contributed by atoms with van der Waals surface area (Å²) in [7, 11) is 0. The van der Waals surface area contributed by atoms with Gasteiger partial charge in [-0.25, -0.2) is 0 Å². The average molecular weight is 279 g/mol. The van der Waals surface area contributed by atoms with E-state index in [0.29, 0.717) is 6.54 Å². The van der Waals surface area contributed by atoms with Gasteiger partial charge in [-0.05, 0) is 32.4 Å². The summed E-state index contributed by atoms with van der Waals surface area (Å²) in [5.74, 6) is 2.59. The van der Waals surface area contributed by atoms with Gasteiger partial charge in [0.25, 0.3) is 0 Å². The Morgan fingerprint density at radius 2 is 2.00 bits per heavy atom. The predicted octanol–water partition coefficient (Wildman–Crippen LogP) is 0.364. The highest BCUT2D eigenvalue weighted by atomic mass is 16.2. The van der Waals surface area contributed by atoms with Gasteiger partial charge in [-0.15, -0.1) is 6.42 Å². The van der Waals surface area contributed by atoms with Crippen LogP contribution >= 0.6 is 0 Å². The fraction of sp³-hybridized carbons (Fsp3) is 0.733. The van der Waals surface area contributed by atoms with E-state index in [1.807, 2.05) is 0 Å². The SMILES string of the molecule is C#CCNC(=O)CN1CCC(C(=O)NCCCC)CC1. The van der Waals surface area contributed by atoms with E-state index in [9.17, 15) is 9.59 Å². The number of hydrogen-bond acceptors (Lipinski definition) is 3. The van der Waals surface area contributed by atoms with Crippen LogP contribution < -0.4 is 10.6 Å². The Morgan fingerprint density at radius 1 is 1.30 bits per heavy atom. The number of hydrogen-bond donors (Lipinski definition) is 2. The average Bonchev–Trinajstić information content (AvgIpc) is 2.46. The summed E-state index contributed by atoms with van der Waals surface area (Å²) in [6.45, 7) is 5.09. The van der Waals surface area contributed by atoms with E-state index in [-0.39, 0.29) is 24.3 Å². The number of rotatable bonds is 7. The maximum absolute atomic E-state index is 11.9. The zero-order chi connectivity index (χ0) is 14.8. The molecule has 20 heavy (non-hydrogen) atoms. The molecule has 0 aromatic carbocycles. The topological polar surface area (TPSA) is 61.4 Å². The number of nitrogens with zero attached hydrogens (tertiary/aromatic N) is 1. The zero-order valence-corrected chi connectivity index (χ0v) is 12.3. The van der Waals surface area contributed by atoms with E-state index >= 15 is 0 Å². The minimum Gasteiger partial charge on any atom is -0.356 e. The van der Waals surface area contributed by atoms with Gasteiger partial charge in [0.2, 0.25) is 11.8 Å². The van der Waals surface area contributed by atoms with E-state index < -0.39 is 0 Å². The van der Waals surface area contributed by atoms with Gasteiger partial charge < -0.3 is 10.6 Å². The van der Waals surface area contributed by atoms with Gasteiger partial charge in [-0.2, -0.15) is 0 Å². The molecular formula is C15H25N3O2. The molecule has 112 valence electrons. The van der Waals surface area contributed by atoms with Crippen molar-refractivity contribution in [3.8, 4) is 12.3 Å². The Kier molecular flexibility index (Phi) is 7.74. The van der Waals surface area contributed by atoms with Crippen LogP contribution in [0.15, 0.2) is 0 Å². The van der Waals surface area contributed by atoms with Crippen molar-refractivity contribution in [1.29, 1.82) is 0 Å². The molecule has 0 atom stereocenters. The third-order valence-corrected chi connectivity index (χ3v) is 3.54. The Balaban J connectivity index is 2.21. The maximum Gasteiger partial charge on any atom is 0.234 e. The molecule has 0 unspecified atom stereocenters. The Bertz CT molecular complexity index is 355. The van der Waals surface area contributed by atoms with Crippen molar-refractivity contribution in [3.63, 3.8) is 0 Å². The molecule has 1 aliphatic heterocycles. The fourth-order valence-corrected chi connectivity index (χ4v) is 2.29. The molecular weight excluding hydrogens is 254 g/mol. The van der Waals surface area contributed by atoms with Crippen LogP contribution in [0.4, 0.5) is 0 Å². The van der Waals surface area contributed by atoms with Crippen LogP contribution in [0.25, 0.3) is 0 Å². The lowest BCUT2D eigenvalue weighted by Crippen LogP contribution is -2.44. The van der Waals surface area contributed by atoms with Crippen molar-refractivity contribution in [2.24, 2.45) is 5.92 Å². The van der Waals surface area contributed by atoms with Crippen LogP contribution in [-0.4, -0.2) is 49.4 Å². The van der Waals surface area contributed by atoms with Crippen molar-refractivity contribution in [1.82, 2.24) is 15.5 Å². The van der Waals surface area contributed by atoms with E-state index in [4.69, 9.17) is 6.42 Å². The summed E-state index contributed by atoms with van der Waals surface area (Å²) in [6, 6.07) is 0. The molecule has 0 saturated carbocycles. The van der Waals surface area contributed by atoms with E-state index in [1.165, 1.54) is 0 Å². The van der Waals surface area contributed by atoms with Gasteiger partial charge in [0.1, 0.15) is 0 Å². The number of unbranched alkanes of at least 4 members (excludes halogenated alkanes) is 1. The van der Waals surface area contributed by atoms with Crippen molar-refractivity contribution < 1.29 is 9.59 Å². The number of carbonyl (C=O) groups excluding carboxylic acids is 2. The fourth-order valence-electron chi connectivity index (χ4n) is 2.29. The molecule has 0 aliphatic carbocycles. The predicted molar refractivity (Wildman–Crippen MR) is 78.9 cm³/mol. The minimum atomic E-state index is -0.0474. The first-order chi connectivity index (χ1) is 9.67. The molecule has 0 aromatic heterocycles. The highest BCUT2D eigenvalue weighted by Crippen LogP contribution is 2.16. The van der Waals surface area contributed by atoms with Crippen LogP contribution in [-0.2, 0) is 9.59 Å². The summed E-state index contributed by atoms with van der Waals surface area (Å²) >= 11 is 0. The molecule has 0 bridgehead atoms. The molecule has 0 aromatic rings. The number of terminal acetylenes is 1. The lowest BCUT2D eigenvalue weighted by atomic mass is 9.96. The van der Waals surface area contributed by atoms with Gasteiger partial charge in [0.05, 0.1) is 13.1 Å². The molecule has 1 saturated heterocycles. The molecule has 0 spiro atoms. The second-order valence-corrected chi connectivity index (χ2v) is 5.18. The lowest BCUT2D eigenvalue weighted by molar-refractivity contribution is -0.126. The van der Waals surface area contributed by atoms with E-state index in [1.54, 1.807) is 0 Å². The number of likely N-dealkylation sites (tertiary alicyclic amines) is 1. The van der Waals surface area contributed by atoms with Crippen molar-refractivity contribution >= 4 is 11.8 Å². The number of carbonyl (C=O) groups is 2. The summed E-state index contributed by atoms with van der Waals surface area (Å²) in [6.07, 6.45) is 8.84. The first kappa shape index (κ1) is 16.5. The molecule has 1 heterocycles. The summed E-state index contributed by atoms with van der Waals surface area (Å²) in [4.78, 5) is 25.5. The van der Waals surface area contributed by atoms with Crippen LogP contribution in [0.1, 0.15) is 32.6 Å². The molecule has 1 fully saturated rings. The van der Waals surface area contributed by atoms with Crippen LogP contribution in [0.5, 0.6) is 0 Å². The summed E-state index contributed by atoms with van der Waals surface area (Å²) < 4.78 is 0. The summed E-state index contributed by atoms with van der Waals surface area (Å²) in [5.41, 5.74) is 0.